The highest BCUT2D eigenvalue weighted by Gasteiger charge is 2.32. The zero-order valence-electron chi connectivity index (χ0n) is 39.8. The molecule has 0 unspecified atom stereocenters. The average Bonchev–Trinajstić information content (AvgIpc) is 4.15. The minimum Gasteiger partial charge on any atom is -0.494 e. The predicted octanol–water partition coefficient (Wildman–Crippen LogP) is 3.91. The van der Waals surface area contributed by atoms with Crippen molar-refractivity contribution in [3.8, 4) is 23.0 Å². The van der Waals surface area contributed by atoms with Crippen LogP contribution in [0.1, 0.15) is 69.3 Å². The number of hydrogen-bond acceptors (Lipinski definition) is 13. The molecule has 0 atom stereocenters. The van der Waals surface area contributed by atoms with E-state index < -0.39 is 29.5 Å². The molecule has 5 aromatic heterocycles. The van der Waals surface area contributed by atoms with Crippen LogP contribution < -0.4 is 26.3 Å². The number of fused-ring (bicyclic) bond motifs is 4. The Hall–Kier alpha value is -8.69. The van der Waals surface area contributed by atoms with Crippen LogP contribution in [-0.2, 0) is 40.6 Å². The third-order valence-corrected chi connectivity index (χ3v) is 12.6. The van der Waals surface area contributed by atoms with Gasteiger partial charge in [-0.1, -0.05) is 12.2 Å². The quantitative estimate of drug-likeness (QED) is 0.0767. The summed E-state index contributed by atoms with van der Waals surface area (Å²) in [7, 11) is 1.47. The number of primary amides is 2. The second-order valence-electron chi connectivity index (χ2n) is 17.3. The van der Waals surface area contributed by atoms with E-state index in [0.29, 0.717) is 94.3 Å². The van der Waals surface area contributed by atoms with Crippen LogP contribution in [0.15, 0.2) is 66.9 Å². The van der Waals surface area contributed by atoms with Gasteiger partial charge >= 0.3 is 0 Å². The molecule has 22 nitrogen and oxygen atoms in total. The van der Waals surface area contributed by atoms with Gasteiger partial charge in [-0.2, -0.15) is 10.2 Å². The standard InChI is InChI=1S/C49H52N14O8/c1-6-62-35(18-27(3)56-62)46-52-24-33-32-20-30(44(50)67)23-38(71-17-13-29-25-58(26-29)39(64)12-16-59-40(65)10-11-41(59)66)42(32)60(47(33)54-46)14-8-9-15-61-43-34(21-31(45(51)68)22-37(43)70-5)53-49(61)55-48(69)36-19-28(4)57-63(36)7-2/h8-11,18-24,29H,6-7,12-17,25-26H2,1-5H3,(H2,50,67)(H2,51,68)(H,53,55,69)/b9-8+. The van der Waals surface area contributed by atoms with E-state index >= 15 is 0 Å². The molecule has 366 valence electrons. The van der Waals surface area contributed by atoms with Gasteiger partial charge in [-0.05, 0) is 76.4 Å². The summed E-state index contributed by atoms with van der Waals surface area (Å²) in [6.07, 6.45) is 8.57. The van der Waals surface area contributed by atoms with Crippen LogP contribution in [0.3, 0.4) is 0 Å². The number of benzene rings is 2. The summed E-state index contributed by atoms with van der Waals surface area (Å²) in [5.41, 5.74) is 16.6. The Morgan fingerprint density at radius 3 is 2.15 bits per heavy atom. The van der Waals surface area contributed by atoms with E-state index in [2.05, 4.69) is 15.5 Å². The lowest BCUT2D eigenvalue weighted by Crippen LogP contribution is -2.51. The summed E-state index contributed by atoms with van der Waals surface area (Å²) in [4.78, 5) is 93.1. The maximum Gasteiger partial charge on any atom is 0.276 e. The molecule has 7 aromatic rings. The van der Waals surface area contributed by atoms with Gasteiger partial charge in [0.2, 0.25) is 23.7 Å². The molecule has 7 heterocycles. The molecule has 0 radical (unpaired) electrons. The summed E-state index contributed by atoms with van der Waals surface area (Å²) >= 11 is 0. The highest BCUT2D eigenvalue weighted by Crippen LogP contribution is 2.37. The molecule has 22 heteroatoms. The highest BCUT2D eigenvalue weighted by atomic mass is 16.5. The van der Waals surface area contributed by atoms with Crippen LogP contribution in [0.4, 0.5) is 5.95 Å². The molecular formula is C49H52N14O8. The van der Waals surface area contributed by atoms with Crippen LogP contribution in [0.5, 0.6) is 11.5 Å². The normalized spacial score (nSPS) is 13.9. The third kappa shape index (κ3) is 9.18. The Labute approximate surface area is 405 Å². The van der Waals surface area contributed by atoms with Gasteiger partial charge in [-0.3, -0.25) is 48.3 Å². The molecule has 1 saturated heterocycles. The molecule has 2 aliphatic rings. The number of methoxy groups -OCH3 is 1. The van der Waals surface area contributed by atoms with Crippen molar-refractivity contribution in [2.24, 2.45) is 17.4 Å². The molecule has 6 amide bonds. The van der Waals surface area contributed by atoms with E-state index in [0.717, 1.165) is 16.3 Å². The van der Waals surface area contributed by atoms with Crippen molar-refractivity contribution >= 4 is 74.4 Å². The number of anilines is 1. The molecule has 0 spiro atoms. The largest absolute Gasteiger partial charge is 0.494 e. The Balaban J connectivity index is 1.04. The van der Waals surface area contributed by atoms with Gasteiger partial charge in [0.1, 0.15) is 34.1 Å². The van der Waals surface area contributed by atoms with Gasteiger partial charge < -0.3 is 35.0 Å². The fourth-order valence-corrected chi connectivity index (χ4v) is 9.09. The summed E-state index contributed by atoms with van der Waals surface area (Å²) < 4.78 is 19.4. The number of nitrogens with one attached hydrogen (secondary N) is 1. The number of amides is 6. The molecule has 9 rings (SSSR count). The fraction of sp³-hybridized carbons (Fsp3) is 0.327. The first-order valence-corrected chi connectivity index (χ1v) is 23.2. The van der Waals surface area contributed by atoms with E-state index in [1.54, 1.807) is 51.5 Å². The van der Waals surface area contributed by atoms with Gasteiger partial charge in [0.15, 0.2) is 5.82 Å². The minimum absolute atomic E-state index is 0.0250. The number of aromatic nitrogens is 9. The van der Waals surface area contributed by atoms with Crippen molar-refractivity contribution in [1.82, 2.24) is 53.4 Å². The van der Waals surface area contributed by atoms with Gasteiger partial charge in [-0.15, -0.1) is 0 Å². The molecule has 2 aliphatic heterocycles. The number of imidazole rings is 1. The first-order chi connectivity index (χ1) is 34.1. The van der Waals surface area contributed by atoms with Crippen molar-refractivity contribution in [3.05, 3.63) is 95.1 Å². The topological polar surface area (TPSA) is 276 Å². The number of aryl methyl sites for hydroxylation is 4. The zero-order valence-corrected chi connectivity index (χ0v) is 39.8. The number of nitrogens with two attached hydrogens (primary N) is 2. The van der Waals surface area contributed by atoms with Crippen molar-refractivity contribution in [2.45, 2.75) is 66.7 Å². The molecule has 5 N–H and O–H groups in total. The number of imide groups is 1. The van der Waals surface area contributed by atoms with Crippen molar-refractivity contribution < 1.29 is 38.2 Å². The average molecular weight is 965 g/mol. The number of allylic oxidation sites excluding steroid dienone is 2. The van der Waals surface area contributed by atoms with Gasteiger partial charge in [0.05, 0.1) is 36.1 Å². The number of likely N-dealkylation sites (tertiary alicyclic amines) is 1. The van der Waals surface area contributed by atoms with Crippen LogP contribution in [0.2, 0.25) is 0 Å². The Bertz CT molecular complexity index is 3370. The van der Waals surface area contributed by atoms with Gasteiger partial charge in [0.25, 0.3) is 17.7 Å². The van der Waals surface area contributed by atoms with Crippen LogP contribution in [0.25, 0.3) is 44.5 Å². The lowest BCUT2D eigenvalue weighted by Gasteiger charge is -2.39. The maximum absolute atomic E-state index is 13.8. The maximum atomic E-state index is 13.8. The SMILES string of the molecule is CCn1nc(C)cc1C(=O)Nc1nc2cc(C(N)=O)cc(OC)c2n1C/C=C/Cn1c2nc(-c3cc(C)nn3CC)ncc2c2cc(C(N)=O)cc(OCCC3CN(C(=O)CCN4C(=O)C=CC4=O)C3)c21. The van der Waals surface area contributed by atoms with E-state index in [1.807, 2.05) is 48.2 Å². The lowest BCUT2D eigenvalue weighted by molar-refractivity contribution is -0.140. The van der Waals surface area contributed by atoms with E-state index in [4.69, 9.17) is 35.9 Å². The Morgan fingerprint density at radius 1 is 0.803 bits per heavy atom. The monoisotopic (exact) mass is 964 g/mol. The summed E-state index contributed by atoms with van der Waals surface area (Å²) in [6, 6.07) is 10.0. The number of carbonyl (C=O) groups excluding carboxylic acids is 6. The number of carbonyl (C=O) groups is 6. The van der Waals surface area contributed by atoms with Gasteiger partial charge in [0, 0.05) is 92.5 Å². The fourth-order valence-electron chi connectivity index (χ4n) is 9.09. The predicted molar refractivity (Wildman–Crippen MR) is 260 cm³/mol. The van der Waals surface area contributed by atoms with Crippen molar-refractivity contribution in [1.29, 1.82) is 0 Å². The van der Waals surface area contributed by atoms with E-state index in [1.165, 1.54) is 25.3 Å². The zero-order chi connectivity index (χ0) is 50.2. The Morgan fingerprint density at radius 2 is 1.46 bits per heavy atom. The summed E-state index contributed by atoms with van der Waals surface area (Å²) in [5, 5.41) is 13.3. The second kappa shape index (κ2) is 19.4. The van der Waals surface area contributed by atoms with E-state index in [9.17, 15) is 28.8 Å². The van der Waals surface area contributed by atoms with Gasteiger partial charge in [-0.25, -0.2) is 15.0 Å². The minimum atomic E-state index is -0.671. The number of nitrogens with zero attached hydrogens (tertiary/aromatic N) is 11. The van der Waals surface area contributed by atoms with Crippen LogP contribution in [0, 0.1) is 19.8 Å². The first kappa shape index (κ1) is 47.4. The molecule has 2 aromatic carbocycles. The molecular weight excluding hydrogens is 913 g/mol. The molecule has 0 saturated carbocycles. The second-order valence-corrected chi connectivity index (χ2v) is 17.3. The summed E-state index contributed by atoms with van der Waals surface area (Å²) in [6.45, 7) is 10.3. The number of rotatable bonds is 19. The van der Waals surface area contributed by atoms with Crippen LogP contribution in [-0.4, -0.2) is 122 Å². The molecule has 0 bridgehead atoms. The van der Waals surface area contributed by atoms with Crippen LogP contribution >= 0.6 is 0 Å². The van der Waals surface area contributed by atoms with E-state index in [-0.39, 0.29) is 61.6 Å². The van der Waals surface area contributed by atoms with Crippen molar-refractivity contribution in [3.63, 3.8) is 0 Å². The smallest absolute Gasteiger partial charge is 0.276 e. The summed E-state index contributed by atoms with van der Waals surface area (Å²) in [5.74, 6) is -1.27. The molecule has 0 aliphatic carbocycles. The number of hydrogen-bond donors (Lipinski definition) is 3. The third-order valence-electron chi connectivity index (χ3n) is 12.6. The Kier molecular flexibility index (Phi) is 12.9. The molecule has 1 fully saturated rings. The molecule has 71 heavy (non-hydrogen) atoms. The first-order valence-electron chi connectivity index (χ1n) is 23.2. The lowest BCUT2D eigenvalue weighted by atomic mass is 9.96. The highest BCUT2D eigenvalue weighted by molar-refractivity contribution is 6.13. The number of ether oxygens (including phenoxy) is 2. The van der Waals surface area contributed by atoms with Crippen molar-refractivity contribution in [2.75, 3.05) is 38.7 Å².